The van der Waals surface area contributed by atoms with Crippen LogP contribution in [0.4, 0.5) is 0 Å². The van der Waals surface area contributed by atoms with Gasteiger partial charge in [-0.25, -0.2) is 9.67 Å². The van der Waals surface area contributed by atoms with Gasteiger partial charge in [-0.05, 0) is 6.42 Å². The van der Waals surface area contributed by atoms with Gasteiger partial charge in [-0.3, -0.25) is 0 Å². The highest BCUT2D eigenvalue weighted by Crippen LogP contribution is 2.10. The third-order valence-corrected chi connectivity index (χ3v) is 1.78. The first kappa shape index (κ1) is 5.85. The topological polar surface area (TPSA) is 50.9 Å². The molecule has 54 valence electrons. The van der Waals surface area contributed by atoms with Crippen LogP contribution in [0.1, 0.15) is 12.2 Å². The van der Waals surface area contributed by atoms with Crippen molar-refractivity contribution in [3.05, 3.63) is 12.2 Å². The lowest BCUT2D eigenvalue weighted by Crippen LogP contribution is -2.24. The molecule has 0 radical (unpaired) electrons. The molecule has 1 aliphatic heterocycles. The average Bonchev–Trinajstić information content (AvgIpc) is 2.33. The number of nitrogens with zero attached hydrogens (tertiary/aromatic N) is 3. The van der Waals surface area contributed by atoms with Crippen molar-refractivity contribution in [2.75, 3.05) is 0 Å². The summed E-state index contributed by atoms with van der Waals surface area (Å²) in [6.07, 6.45) is 2.97. The Morgan fingerprint density at radius 3 is 3.50 bits per heavy atom. The van der Waals surface area contributed by atoms with E-state index in [-0.39, 0.29) is 6.10 Å². The zero-order valence-electron chi connectivity index (χ0n) is 5.56. The Labute approximate surface area is 58.5 Å². The number of aryl methyl sites for hydroxylation is 1. The first-order valence-corrected chi connectivity index (χ1v) is 3.41. The highest BCUT2D eigenvalue weighted by atomic mass is 16.3. The minimum atomic E-state index is -0.228. The van der Waals surface area contributed by atoms with Crippen molar-refractivity contribution in [3.63, 3.8) is 0 Å². The third-order valence-electron chi connectivity index (χ3n) is 1.78. The molecule has 0 spiro atoms. The molecule has 1 aromatic rings. The van der Waals surface area contributed by atoms with Gasteiger partial charge in [-0.1, -0.05) is 0 Å². The molecule has 1 N–H and O–H groups in total. The highest BCUT2D eigenvalue weighted by Gasteiger charge is 2.16. The maximum Gasteiger partial charge on any atom is 0.138 e. The number of hydrogen-bond acceptors (Lipinski definition) is 3. The van der Waals surface area contributed by atoms with Crippen molar-refractivity contribution in [1.82, 2.24) is 14.8 Å². The first-order valence-electron chi connectivity index (χ1n) is 3.41. The van der Waals surface area contributed by atoms with Crippen molar-refractivity contribution in [2.45, 2.75) is 25.5 Å². The van der Waals surface area contributed by atoms with Crippen LogP contribution in [0.2, 0.25) is 0 Å². The molecular weight excluding hydrogens is 130 g/mol. The van der Waals surface area contributed by atoms with Crippen LogP contribution in [0, 0.1) is 0 Å². The molecule has 2 heterocycles. The molecule has 4 heteroatoms. The van der Waals surface area contributed by atoms with Gasteiger partial charge in [-0.15, -0.1) is 0 Å². The van der Waals surface area contributed by atoms with Crippen LogP contribution < -0.4 is 0 Å². The Morgan fingerprint density at radius 2 is 2.60 bits per heavy atom. The van der Waals surface area contributed by atoms with E-state index in [1.54, 1.807) is 4.68 Å². The van der Waals surface area contributed by atoms with E-state index in [1.807, 2.05) is 0 Å². The summed E-state index contributed by atoms with van der Waals surface area (Å²) in [5.74, 6) is 0.991. The van der Waals surface area contributed by atoms with E-state index in [0.717, 1.165) is 18.7 Å². The molecule has 4 nitrogen and oxygen atoms in total. The maximum absolute atomic E-state index is 9.19. The Morgan fingerprint density at radius 1 is 1.70 bits per heavy atom. The molecule has 0 aromatic carbocycles. The summed E-state index contributed by atoms with van der Waals surface area (Å²) < 4.78 is 1.76. The van der Waals surface area contributed by atoms with Crippen LogP contribution in [0.3, 0.4) is 0 Å². The van der Waals surface area contributed by atoms with E-state index in [9.17, 15) is 5.11 Å². The second-order valence-electron chi connectivity index (χ2n) is 2.55. The molecule has 1 atom stereocenters. The molecule has 0 aliphatic carbocycles. The average molecular weight is 139 g/mol. The van der Waals surface area contributed by atoms with Gasteiger partial charge in [-0.2, -0.15) is 5.10 Å². The quantitative estimate of drug-likeness (QED) is 0.531. The fourth-order valence-corrected chi connectivity index (χ4v) is 1.22. The van der Waals surface area contributed by atoms with Gasteiger partial charge in [0.15, 0.2) is 0 Å². The van der Waals surface area contributed by atoms with Crippen LogP contribution in [0.5, 0.6) is 0 Å². The predicted octanol–water partition coefficient (Wildman–Crippen LogP) is -0.415. The molecule has 1 aliphatic rings. The van der Waals surface area contributed by atoms with Crippen molar-refractivity contribution in [1.29, 1.82) is 0 Å². The van der Waals surface area contributed by atoms with E-state index >= 15 is 0 Å². The summed E-state index contributed by atoms with van der Waals surface area (Å²) >= 11 is 0. The van der Waals surface area contributed by atoms with Gasteiger partial charge < -0.3 is 5.11 Å². The molecule has 0 saturated carbocycles. The van der Waals surface area contributed by atoms with Gasteiger partial charge >= 0.3 is 0 Å². The third kappa shape index (κ3) is 0.806. The molecule has 1 unspecified atom stereocenters. The highest BCUT2D eigenvalue weighted by molar-refractivity contribution is 4.89. The zero-order valence-corrected chi connectivity index (χ0v) is 5.56. The number of fused-ring (bicyclic) bond motifs is 1. The number of aliphatic hydroxyl groups is 1. The van der Waals surface area contributed by atoms with Crippen LogP contribution in [-0.4, -0.2) is 26.0 Å². The molecule has 0 fully saturated rings. The van der Waals surface area contributed by atoms with Crippen molar-refractivity contribution in [3.8, 4) is 0 Å². The normalized spacial score (nSPS) is 24.3. The van der Waals surface area contributed by atoms with Crippen LogP contribution >= 0.6 is 0 Å². The lowest BCUT2D eigenvalue weighted by Gasteiger charge is -2.16. The van der Waals surface area contributed by atoms with Gasteiger partial charge in [0.1, 0.15) is 12.2 Å². The number of hydrogen-bond donors (Lipinski definition) is 1. The molecule has 10 heavy (non-hydrogen) atoms. The lowest BCUT2D eigenvalue weighted by atomic mass is 10.1. The minimum Gasteiger partial charge on any atom is -0.391 e. The van der Waals surface area contributed by atoms with Crippen molar-refractivity contribution in [2.24, 2.45) is 0 Å². The van der Waals surface area contributed by atoms with Crippen molar-refractivity contribution >= 4 is 0 Å². The van der Waals surface area contributed by atoms with E-state index in [0.29, 0.717) is 6.54 Å². The predicted molar refractivity (Wildman–Crippen MR) is 34.3 cm³/mol. The maximum atomic E-state index is 9.19. The Balaban J connectivity index is 2.30. The van der Waals surface area contributed by atoms with Gasteiger partial charge in [0, 0.05) is 6.42 Å². The number of rotatable bonds is 0. The fraction of sp³-hybridized carbons (Fsp3) is 0.667. The molecule has 2 rings (SSSR count). The molecule has 0 bridgehead atoms. The Kier molecular flexibility index (Phi) is 1.20. The molecular formula is C6H9N3O. The number of aliphatic hydroxyl groups excluding tert-OH is 1. The largest absolute Gasteiger partial charge is 0.391 e. The summed E-state index contributed by atoms with van der Waals surface area (Å²) in [5.41, 5.74) is 0. The SMILES string of the molecule is OC1CCc2ncnn2C1. The molecule has 0 saturated heterocycles. The van der Waals surface area contributed by atoms with Gasteiger partial charge in [0.2, 0.25) is 0 Å². The van der Waals surface area contributed by atoms with E-state index in [1.165, 1.54) is 6.33 Å². The van der Waals surface area contributed by atoms with Gasteiger partial charge in [0.25, 0.3) is 0 Å². The van der Waals surface area contributed by atoms with E-state index in [4.69, 9.17) is 0 Å². The summed E-state index contributed by atoms with van der Waals surface area (Å²) in [4.78, 5) is 4.03. The smallest absolute Gasteiger partial charge is 0.138 e. The summed E-state index contributed by atoms with van der Waals surface area (Å²) in [7, 11) is 0. The second kappa shape index (κ2) is 2.05. The van der Waals surface area contributed by atoms with Gasteiger partial charge in [0.05, 0.1) is 12.6 Å². The van der Waals surface area contributed by atoms with Crippen LogP contribution in [0.15, 0.2) is 6.33 Å². The monoisotopic (exact) mass is 139 g/mol. The summed E-state index contributed by atoms with van der Waals surface area (Å²) in [6.45, 7) is 0.606. The molecule has 0 amide bonds. The Hall–Kier alpha value is -0.900. The van der Waals surface area contributed by atoms with Crippen LogP contribution in [0.25, 0.3) is 0 Å². The van der Waals surface area contributed by atoms with Crippen LogP contribution in [-0.2, 0) is 13.0 Å². The zero-order chi connectivity index (χ0) is 6.97. The second-order valence-corrected chi connectivity index (χ2v) is 2.55. The Bertz CT molecular complexity index is 233. The summed E-state index contributed by atoms with van der Waals surface area (Å²) in [5, 5.41) is 13.1. The van der Waals surface area contributed by atoms with E-state index in [2.05, 4.69) is 10.1 Å². The van der Waals surface area contributed by atoms with Crippen molar-refractivity contribution < 1.29 is 5.11 Å². The molecule has 1 aromatic heterocycles. The van der Waals surface area contributed by atoms with E-state index < -0.39 is 0 Å². The number of aromatic nitrogens is 3. The lowest BCUT2D eigenvalue weighted by molar-refractivity contribution is 0.124. The first-order chi connectivity index (χ1) is 4.86. The minimum absolute atomic E-state index is 0.228. The standard InChI is InChI=1S/C6H9N3O/c10-5-1-2-6-7-4-8-9(6)3-5/h4-5,10H,1-3H2. The fourth-order valence-electron chi connectivity index (χ4n) is 1.22. The summed E-state index contributed by atoms with van der Waals surface area (Å²) in [6, 6.07) is 0.